The summed E-state index contributed by atoms with van der Waals surface area (Å²) in [6.45, 7) is 1.93. The van der Waals surface area contributed by atoms with Gasteiger partial charge in [0, 0.05) is 10.6 Å². The van der Waals surface area contributed by atoms with Crippen molar-refractivity contribution in [1.29, 1.82) is 0 Å². The van der Waals surface area contributed by atoms with Crippen LogP contribution in [-0.2, 0) is 9.53 Å². The van der Waals surface area contributed by atoms with Crippen LogP contribution in [0.1, 0.15) is 13.3 Å². The number of ether oxygens (including phenoxy) is 1. The summed E-state index contributed by atoms with van der Waals surface area (Å²) < 4.78 is 4.63. The number of carbonyl (C=O) groups excluding carboxylic acids is 1. The number of methoxy groups -OCH3 is 1. The Balaban J connectivity index is 2.52. The average molecular weight is 205 g/mol. The van der Waals surface area contributed by atoms with Crippen molar-refractivity contribution >= 4 is 30.4 Å². The molecule has 12 heavy (non-hydrogen) atoms. The number of thioether (sulfide) groups is 1. The summed E-state index contributed by atoms with van der Waals surface area (Å²) in [5.41, 5.74) is 1.02. The molecule has 0 saturated carbocycles. The summed E-state index contributed by atoms with van der Waals surface area (Å²) in [6.07, 6.45) is 0.344. The molecule has 1 unspecified atom stereocenters. The number of carbonyl (C=O) groups is 1. The van der Waals surface area contributed by atoms with Gasteiger partial charge in [-0.2, -0.15) is 0 Å². The minimum atomic E-state index is -0.207. The van der Waals surface area contributed by atoms with Crippen LogP contribution >= 0.6 is 24.4 Å². The predicted octanol–water partition coefficient (Wildman–Crippen LogP) is 1.33. The number of thiol groups is 1. The Morgan fingerprint density at radius 1 is 1.83 bits per heavy atom. The lowest BCUT2D eigenvalue weighted by molar-refractivity contribution is -0.139. The normalized spacial score (nSPS) is 22.4. The number of hydrogen-bond acceptors (Lipinski definition) is 5. The van der Waals surface area contributed by atoms with Gasteiger partial charge in [0.1, 0.15) is 4.71 Å². The molecule has 68 valence electrons. The Morgan fingerprint density at radius 3 is 2.92 bits per heavy atom. The zero-order chi connectivity index (χ0) is 9.14. The monoisotopic (exact) mass is 205 g/mol. The molecule has 1 atom stereocenters. The standard InChI is InChI=1S/C7H11NO2S2/c1-4-5(3-6(9)10-2)12-7(11)8-4/h7-8,11H,3H2,1-2H3. The van der Waals surface area contributed by atoms with Gasteiger partial charge in [-0.1, -0.05) is 11.8 Å². The smallest absolute Gasteiger partial charge is 0.310 e. The van der Waals surface area contributed by atoms with Gasteiger partial charge in [-0.25, -0.2) is 0 Å². The summed E-state index contributed by atoms with van der Waals surface area (Å²) in [4.78, 5) is 11.9. The van der Waals surface area contributed by atoms with Crippen molar-refractivity contribution in [3.8, 4) is 0 Å². The second-order valence-electron chi connectivity index (χ2n) is 2.42. The van der Waals surface area contributed by atoms with E-state index in [9.17, 15) is 4.79 Å². The molecule has 1 heterocycles. The van der Waals surface area contributed by atoms with Crippen LogP contribution in [0.25, 0.3) is 0 Å². The lowest BCUT2D eigenvalue weighted by atomic mass is 10.3. The summed E-state index contributed by atoms with van der Waals surface area (Å²) in [5.74, 6) is -0.207. The molecule has 0 aromatic rings. The van der Waals surface area contributed by atoms with Crippen LogP contribution in [0.4, 0.5) is 0 Å². The Kier molecular flexibility index (Phi) is 3.34. The minimum absolute atomic E-state index is 0.0738. The van der Waals surface area contributed by atoms with E-state index < -0.39 is 0 Å². The lowest BCUT2D eigenvalue weighted by Gasteiger charge is -2.00. The van der Waals surface area contributed by atoms with Gasteiger partial charge in [-0.15, -0.1) is 12.6 Å². The first kappa shape index (κ1) is 9.80. The zero-order valence-corrected chi connectivity index (χ0v) is 8.67. The molecule has 0 saturated heterocycles. The van der Waals surface area contributed by atoms with E-state index in [1.807, 2.05) is 6.92 Å². The van der Waals surface area contributed by atoms with Gasteiger partial charge < -0.3 is 10.1 Å². The van der Waals surface area contributed by atoms with Crippen LogP contribution in [0, 0.1) is 0 Å². The van der Waals surface area contributed by atoms with E-state index in [1.165, 1.54) is 7.11 Å². The molecular formula is C7H11NO2S2. The maximum Gasteiger partial charge on any atom is 0.310 e. The Bertz CT molecular complexity index is 227. The zero-order valence-electron chi connectivity index (χ0n) is 6.96. The number of allylic oxidation sites excluding steroid dienone is 1. The highest BCUT2D eigenvalue weighted by Gasteiger charge is 2.20. The first-order chi connectivity index (χ1) is 5.63. The number of esters is 1. The SMILES string of the molecule is COC(=O)CC1=C(C)NC(S)S1. The van der Waals surface area contributed by atoms with Gasteiger partial charge in [0.15, 0.2) is 0 Å². The molecule has 0 aromatic carbocycles. The molecule has 0 radical (unpaired) electrons. The van der Waals surface area contributed by atoms with E-state index in [0.717, 1.165) is 10.6 Å². The average Bonchev–Trinajstić information content (AvgIpc) is 2.30. The molecule has 5 heteroatoms. The summed E-state index contributed by atoms with van der Waals surface area (Å²) >= 11 is 5.77. The number of nitrogens with one attached hydrogen (secondary N) is 1. The van der Waals surface area contributed by atoms with Gasteiger partial charge >= 0.3 is 5.97 Å². The Hall–Kier alpha value is -0.290. The van der Waals surface area contributed by atoms with Crippen LogP contribution < -0.4 is 5.32 Å². The van der Waals surface area contributed by atoms with Gasteiger partial charge in [0.05, 0.1) is 13.5 Å². The Labute approximate surface area is 81.3 Å². The largest absolute Gasteiger partial charge is 0.469 e. The second kappa shape index (κ2) is 4.09. The summed E-state index contributed by atoms with van der Waals surface area (Å²) in [6, 6.07) is 0. The molecule has 0 spiro atoms. The van der Waals surface area contributed by atoms with Gasteiger partial charge in [-0.05, 0) is 6.92 Å². The first-order valence-corrected chi connectivity index (χ1v) is 4.91. The Morgan fingerprint density at radius 2 is 2.50 bits per heavy atom. The fraction of sp³-hybridized carbons (Fsp3) is 0.571. The quantitative estimate of drug-likeness (QED) is 0.527. The van der Waals surface area contributed by atoms with Crippen molar-refractivity contribution in [2.24, 2.45) is 0 Å². The van der Waals surface area contributed by atoms with Crippen molar-refractivity contribution in [2.75, 3.05) is 7.11 Å². The third-order valence-corrected chi connectivity index (χ3v) is 3.07. The van der Waals surface area contributed by atoms with Crippen LogP contribution in [0.15, 0.2) is 10.6 Å². The first-order valence-electron chi connectivity index (χ1n) is 3.51. The second-order valence-corrected chi connectivity index (χ2v) is 4.48. The number of rotatable bonds is 2. The van der Waals surface area contributed by atoms with Gasteiger partial charge in [-0.3, -0.25) is 4.79 Å². The van der Waals surface area contributed by atoms with E-state index in [1.54, 1.807) is 11.8 Å². The molecule has 0 aliphatic carbocycles. The van der Waals surface area contributed by atoms with Crippen molar-refractivity contribution in [1.82, 2.24) is 5.32 Å². The van der Waals surface area contributed by atoms with Crippen LogP contribution in [0.5, 0.6) is 0 Å². The highest BCUT2D eigenvalue weighted by atomic mass is 32.2. The van der Waals surface area contributed by atoms with Crippen molar-refractivity contribution in [2.45, 2.75) is 18.1 Å². The molecule has 1 rings (SSSR count). The maximum absolute atomic E-state index is 10.9. The van der Waals surface area contributed by atoms with Crippen molar-refractivity contribution in [3.05, 3.63) is 10.6 Å². The third kappa shape index (κ3) is 2.35. The third-order valence-electron chi connectivity index (χ3n) is 1.54. The van der Waals surface area contributed by atoms with E-state index in [-0.39, 0.29) is 10.7 Å². The lowest BCUT2D eigenvalue weighted by Crippen LogP contribution is -2.11. The van der Waals surface area contributed by atoms with Gasteiger partial charge in [0.25, 0.3) is 0 Å². The van der Waals surface area contributed by atoms with Crippen LogP contribution in [0.2, 0.25) is 0 Å². The van der Waals surface area contributed by atoms with Crippen LogP contribution in [0.3, 0.4) is 0 Å². The van der Waals surface area contributed by atoms with Crippen molar-refractivity contribution in [3.63, 3.8) is 0 Å². The van der Waals surface area contributed by atoms with Gasteiger partial charge in [0.2, 0.25) is 0 Å². The molecular weight excluding hydrogens is 194 g/mol. The molecule has 1 aliphatic heterocycles. The molecule has 0 fully saturated rings. The highest BCUT2D eigenvalue weighted by molar-refractivity contribution is 8.13. The maximum atomic E-state index is 10.9. The molecule has 1 N–H and O–H groups in total. The highest BCUT2D eigenvalue weighted by Crippen LogP contribution is 2.34. The van der Waals surface area contributed by atoms with E-state index >= 15 is 0 Å². The van der Waals surface area contributed by atoms with Crippen LogP contribution in [-0.4, -0.2) is 17.8 Å². The molecule has 3 nitrogen and oxygen atoms in total. The van der Waals surface area contributed by atoms with E-state index in [2.05, 4.69) is 22.7 Å². The van der Waals surface area contributed by atoms with E-state index in [0.29, 0.717) is 6.42 Å². The topological polar surface area (TPSA) is 38.3 Å². The molecule has 0 aromatic heterocycles. The summed E-state index contributed by atoms with van der Waals surface area (Å²) in [7, 11) is 1.39. The fourth-order valence-corrected chi connectivity index (χ4v) is 2.41. The van der Waals surface area contributed by atoms with Crippen molar-refractivity contribution < 1.29 is 9.53 Å². The fourth-order valence-electron chi connectivity index (χ4n) is 0.896. The van der Waals surface area contributed by atoms with E-state index in [4.69, 9.17) is 0 Å². The molecule has 1 aliphatic rings. The molecule has 0 amide bonds. The predicted molar refractivity (Wildman–Crippen MR) is 52.8 cm³/mol. The molecule has 0 bridgehead atoms. The minimum Gasteiger partial charge on any atom is -0.469 e. The number of hydrogen-bond donors (Lipinski definition) is 2. The summed E-state index contributed by atoms with van der Waals surface area (Å²) in [5, 5.41) is 3.10.